The van der Waals surface area contributed by atoms with E-state index in [1.54, 1.807) is 6.92 Å². The zero-order valence-electron chi connectivity index (χ0n) is 12.0. The minimum atomic E-state index is -4.01. The Hall–Kier alpha value is -2.32. The Bertz CT molecular complexity index is 839. The minimum Gasteiger partial charge on any atom is -0.492 e. The maximum Gasteiger partial charge on any atom is 0.271 e. The minimum absolute atomic E-state index is 0.0709. The molecule has 122 valence electrons. The maximum absolute atomic E-state index is 12.5. The molecule has 23 heavy (non-hydrogen) atoms. The van der Waals surface area contributed by atoms with Crippen molar-refractivity contribution in [3.8, 4) is 5.75 Å². The van der Waals surface area contributed by atoms with Crippen LogP contribution in [0.1, 0.15) is 6.92 Å². The van der Waals surface area contributed by atoms with Crippen LogP contribution in [0.25, 0.3) is 0 Å². The van der Waals surface area contributed by atoms with Gasteiger partial charge in [-0.2, -0.15) is 0 Å². The van der Waals surface area contributed by atoms with Gasteiger partial charge in [0.1, 0.15) is 10.6 Å². The summed E-state index contributed by atoms with van der Waals surface area (Å²) in [5.74, 6) is 0.148. The van der Waals surface area contributed by atoms with Crippen LogP contribution in [0.15, 0.2) is 47.4 Å². The normalized spacial score (nSPS) is 11.0. The van der Waals surface area contributed by atoms with Gasteiger partial charge in [-0.15, -0.1) is 0 Å². The Kier molecular flexibility index (Phi) is 5.07. The number of ether oxygens (including phenoxy) is 1. The molecule has 1 N–H and O–H groups in total. The Morgan fingerprint density at radius 3 is 2.65 bits per heavy atom. The van der Waals surface area contributed by atoms with Crippen LogP contribution in [0.2, 0.25) is 5.02 Å². The van der Waals surface area contributed by atoms with E-state index in [-0.39, 0.29) is 33.6 Å². The zero-order valence-corrected chi connectivity index (χ0v) is 13.6. The van der Waals surface area contributed by atoms with Crippen molar-refractivity contribution in [2.24, 2.45) is 0 Å². The van der Waals surface area contributed by atoms with Crippen LogP contribution < -0.4 is 9.46 Å². The van der Waals surface area contributed by atoms with Crippen LogP contribution in [0.5, 0.6) is 5.75 Å². The zero-order chi connectivity index (χ0) is 17.0. The van der Waals surface area contributed by atoms with Crippen molar-refractivity contribution >= 4 is 33.0 Å². The summed E-state index contributed by atoms with van der Waals surface area (Å²) in [6.45, 7) is 2.00. The number of hydrogen-bond acceptors (Lipinski definition) is 5. The number of nitro benzene ring substituents is 1. The van der Waals surface area contributed by atoms with E-state index in [2.05, 4.69) is 4.72 Å². The lowest BCUT2D eigenvalue weighted by Crippen LogP contribution is -2.14. The number of nitro groups is 1. The molecule has 9 heteroatoms. The fourth-order valence-electron chi connectivity index (χ4n) is 1.86. The second kappa shape index (κ2) is 6.84. The summed E-state index contributed by atoms with van der Waals surface area (Å²) in [7, 11) is -4.01. The highest BCUT2D eigenvalue weighted by Gasteiger charge is 2.21. The molecule has 0 atom stereocenters. The van der Waals surface area contributed by atoms with Gasteiger partial charge in [-0.05, 0) is 31.2 Å². The lowest BCUT2D eigenvalue weighted by molar-refractivity contribution is -0.384. The Morgan fingerprint density at radius 1 is 1.26 bits per heavy atom. The molecule has 0 heterocycles. The molecule has 0 aliphatic carbocycles. The quantitative estimate of drug-likeness (QED) is 0.631. The highest BCUT2D eigenvalue weighted by Crippen LogP contribution is 2.29. The van der Waals surface area contributed by atoms with Crippen molar-refractivity contribution in [2.75, 3.05) is 11.3 Å². The van der Waals surface area contributed by atoms with Gasteiger partial charge in [0.25, 0.3) is 15.7 Å². The molecule has 2 aromatic carbocycles. The van der Waals surface area contributed by atoms with E-state index in [9.17, 15) is 18.5 Å². The standard InChI is InChI=1S/C14H13ClN2O5S/c1-2-22-13-7-6-10(15)8-14(13)23(20,21)16-11-4-3-5-12(9-11)17(18)19/h3-9,16H,2H2,1H3. The van der Waals surface area contributed by atoms with Gasteiger partial charge in [0.05, 0.1) is 17.2 Å². The van der Waals surface area contributed by atoms with Crippen molar-refractivity contribution < 1.29 is 18.1 Å². The third-order valence-corrected chi connectivity index (χ3v) is 4.44. The molecule has 0 radical (unpaired) electrons. The fourth-order valence-corrected chi connectivity index (χ4v) is 3.32. The Balaban J connectivity index is 2.41. The Labute approximate surface area is 138 Å². The molecule has 0 aliphatic rings. The Morgan fingerprint density at radius 2 is 2.00 bits per heavy atom. The molecule has 0 bridgehead atoms. The fraction of sp³-hybridized carbons (Fsp3) is 0.143. The van der Waals surface area contributed by atoms with E-state index in [0.717, 1.165) is 6.07 Å². The van der Waals surface area contributed by atoms with E-state index in [1.807, 2.05) is 0 Å². The van der Waals surface area contributed by atoms with Gasteiger partial charge in [0.15, 0.2) is 0 Å². The first-order valence-electron chi connectivity index (χ1n) is 6.53. The second-order valence-electron chi connectivity index (χ2n) is 4.44. The number of nitrogens with zero attached hydrogens (tertiary/aromatic N) is 1. The first kappa shape index (κ1) is 17.0. The number of anilines is 1. The molecule has 2 aromatic rings. The first-order valence-corrected chi connectivity index (χ1v) is 8.39. The highest BCUT2D eigenvalue weighted by molar-refractivity contribution is 7.92. The van der Waals surface area contributed by atoms with Crippen LogP contribution in [0.3, 0.4) is 0 Å². The summed E-state index contributed by atoms with van der Waals surface area (Å²) in [6, 6.07) is 9.41. The number of nitrogens with one attached hydrogen (secondary N) is 1. The van der Waals surface area contributed by atoms with E-state index in [1.165, 1.54) is 36.4 Å². The predicted molar refractivity (Wildman–Crippen MR) is 86.5 cm³/mol. The van der Waals surface area contributed by atoms with E-state index in [0.29, 0.717) is 0 Å². The molecule has 0 unspecified atom stereocenters. The van der Waals surface area contributed by atoms with Gasteiger partial charge in [-0.1, -0.05) is 17.7 Å². The van der Waals surface area contributed by atoms with Crippen molar-refractivity contribution in [1.29, 1.82) is 0 Å². The molecule has 0 aromatic heterocycles. The summed E-state index contributed by atoms with van der Waals surface area (Å²) >= 11 is 5.86. The number of sulfonamides is 1. The van der Waals surface area contributed by atoms with Crippen LogP contribution in [-0.4, -0.2) is 19.9 Å². The number of non-ortho nitro benzene ring substituents is 1. The third-order valence-electron chi connectivity index (χ3n) is 2.80. The molecule has 0 spiro atoms. The molecule has 0 fully saturated rings. The average Bonchev–Trinajstić information content (AvgIpc) is 2.49. The van der Waals surface area contributed by atoms with Crippen molar-refractivity contribution in [1.82, 2.24) is 0 Å². The SMILES string of the molecule is CCOc1ccc(Cl)cc1S(=O)(=O)Nc1cccc([N+](=O)[O-])c1. The molecular weight excluding hydrogens is 344 g/mol. The summed E-state index contributed by atoms with van der Waals surface area (Å²) in [4.78, 5) is 10.0. The van der Waals surface area contributed by atoms with Gasteiger partial charge >= 0.3 is 0 Å². The van der Waals surface area contributed by atoms with Gasteiger partial charge < -0.3 is 4.74 Å². The van der Waals surface area contributed by atoms with Crippen molar-refractivity contribution in [2.45, 2.75) is 11.8 Å². The number of rotatable bonds is 6. The molecule has 0 saturated carbocycles. The second-order valence-corrected chi connectivity index (χ2v) is 6.52. The van der Waals surface area contributed by atoms with E-state index < -0.39 is 14.9 Å². The van der Waals surface area contributed by atoms with Gasteiger partial charge in [-0.25, -0.2) is 8.42 Å². The van der Waals surface area contributed by atoms with Crippen LogP contribution in [0, 0.1) is 10.1 Å². The highest BCUT2D eigenvalue weighted by atomic mass is 35.5. The lowest BCUT2D eigenvalue weighted by atomic mass is 10.3. The first-order chi connectivity index (χ1) is 10.8. The largest absolute Gasteiger partial charge is 0.492 e. The van der Waals surface area contributed by atoms with Gasteiger partial charge in [0, 0.05) is 17.2 Å². The molecule has 0 amide bonds. The summed E-state index contributed by atoms with van der Waals surface area (Å²) in [5, 5.41) is 11.0. The average molecular weight is 357 g/mol. The summed E-state index contributed by atoms with van der Waals surface area (Å²) in [5.41, 5.74) is -0.150. The smallest absolute Gasteiger partial charge is 0.271 e. The lowest BCUT2D eigenvalue weighted by Gasteiger charge is -2.13. The topological polar surface area (TPSA) is 98.5 Å². The van der Waals surface area contributed by atoms with Crippen molar-refractivity contribution in [3.05, 3.63) is 57.6 Å². The molecular formula is C14H13ClN2O5S. The summed E-state index contributed by atoms with van der Waals surface area (Å²) in [6.07, 6.45) is 0. The van der Waals surface area contributed by atoms with E-state index >= 15 is 0 Å². The van der Waals surface area contributed by atoms with E-state index in [4.69, 9.17) is 16.3 Å². The van der Waals surface area contributed by atoms with Crippen LogP contribution >= 0.6 is 11.6 Å². The number of benzene rings is 2. The third kappa shape index (κ3) is 4.11. The van der Waals surface area contributed by atoms with Crippen molar-refractivity contribution in [3.63, 3.8) is 0 Å². The van der Waals surface area contributed by atoms with Crippen LogP contribution in [0.4, 0.5) is 11.4 Å². The van der Waals surface area contributed by atoms with Crippen LogP contribution in [-0.2, 0) is 10.0 Å². The number of hydrogen-bond donors (Lipinski definition) is 1. The molecule has 0 aliphatic heterocycles. The summed E-state index contributed by atoms with van der Waals surface area (Å²) < 4.78 is 32.6. The molecule has 2 rings (SSSR count). The van der Waals surface area contributed by atoms with Gasteiger partial charge in [0.2, 0.25) is 0 Å². The number of halogens is 1. The monoisotopic (exact) mass is 356 g/mol. The molecule has 7 nitrogen and oxygen atoms in total. The van der Waals surface area contributed by atoms with Gasteiger partial charge in [-0.3, -0.25) is 14.8 Å². The maximum atomic E-state index is 12.5. The predicted octanol–water partition coefficient (Wildman–Crippen LogP) is 3.45. The molecule has 0 saturated heterocycles.